The standard InChI is InChI=1S/C19H20Br4O3/c1-4-12(24)9-26-18-15(22)7-11(8-16(18)23)19(2,3)10-5-13(20)17(25)14(21)6-10/h5-8,12,24-25H,4,9H2,1-3H3. The number of phenols is 1. The Balaban J connectivity index is 2.41. The van der Waals surface area contributed by atoms with Gasteiger partial charge in [0.15, 0.2) is 0 Å². The van der Waals surface area contributed by atoms with Crippen LogP contribution in [0.15, 0.2) is 42.2 Å². The molecule has 0 saturated heterocycles. The summed E-state index contributed by atoms with van der Waals surface area (Å²) >= 11 is 14.0. The molecule has 7 heteroatoms. The highest BCUT2D eigenvalue weighted by atomic mass is 79.9. The van der Waals surface area contributed by atoms with Crippen molar-refractivity contribution in [2.75, 3.05) is 6.61 Å². The van der Waals surface area contributed by atoms with Crippen LogP contribution in [-0.2, 0) is 5.41 Å². The summed E-state index contributed by atoms with van der Waals surface area (Å²) in [6.45, 7) is 6.40. The molecule has 3 nitrogen and oxygen atoms in total. The van der Waals surface area contributed by atoms with E-state index in [1.54, 1.807) is 0 Å². The minimum absolute atomic E-state index is 0.185. The first kappa shape index (κ1) is 22.2. The van der Waals surface area contributed by atoms with E-state index in [4.69, 9.17) is 4.74 Å². The predicted molar refractivity (Wildman–Crippen MR) is 119 cm³/mol. The Bertz CT molecular complexity index is 759. The molecular formula is C19H20Br4O3. The zero-order valence-corrected chi connectivity index (χ0v) is 21.0. The Kier molecular flexibility index (Phi) is 7.64. The number of aliphatic hydroxyl groups is 1. The molecule has 0 aliphatic carbocycles. The summed E-state index contributed by atoms with van der Waals surface area (Å²) < 4.78 is 8.67. The number of aromatic hydroxyl groups is 1. The monoisotopic (exact) mass is 612 g/mol. The van der Waals surface area contributed by atoms with Crippen molar-refractivity contribution in [2.24, 2.45) is 0 Å². The highest BCUT2D eigenvalue weighted by Crippen LogP contribution is 2.43. The van der Waals surface area contributed by atoms with Crippen LogP contribution in [0, 0.1) is 0 Å². The van der Waals surface area contributed by atoms with E-state index in [1.807, 2.05) is 31.2 Å². The van der Waals surface area contributed by atoms with Gasteiger partial charge in [-0.2, -0.15) is 0 Å². The predicted octanol–water partition coefficient (Wildman–Crippen LogP) is 6.92. The molecule has 0 aromatic heterocycles. The van der Waals surface area contributed by atoms with E-state index in [9.17, 15) is 10.2 Å². The van der Waals surface area contributed by atoms with Gasteiger partial charge in [-0.05, 0) is 106 Å². The number of ether oxygens (including phenoxy) is 1. The number of hydrogen-bond donors (Lipinski definition) is 2. The van der Waals surface area contributed by atoms with Crippen molar-refractivity contribution >= 4 is 63.7 Å². The van der Waals surface area contributed by atoms with Crippen molar-refractivity contribution in [3.63, 3.8) is 0 Å². The van der Waals surface area contributed by atoms with Gasteiger partial charge in [0.1, 0.15) is 18.1 Å². The number of hydrogen-bond acceptors (Lipinski definition) is 3. The summed E-state index contributed by atoms with van der Waals surface area (Å²) in [4.78, 5) is 0. The van der Waals surface area contributed by atoms with E-state index >= 15 is 0 Å². The van der Waals surface area contributed by atoms with Gasteiger partial charge in [-0.15, -0.1) is 0 Å². The first-order chi connectivity index (χ1) is 12.1. The average molecular weight is 616 g/mol. The van der Waals surface area contributed by atoms with E-state index in [1.165, 1.54) is 0 Å². The molecule has 142 valence electrons. The van der Waals surface area contributed by atoms with Gasteiger partial charge >= 0.3 is 0 Å². The van der Waals surface area contributed by atoms with Gasteiger partial charge < -0.3 is 14.9 Å². The SMILES string of the molecule is CCC(O)COc1c(Br)cc(C(C)(C)c2cc(Br)c(O)c(Br)c2)cc1Br. The normalized spacial score (nSPS) is 12.9. The molecule has 0 aliphatic rings. The number of aliphatic hydroxyl groups excluding tert-OH is 1. The molecule has 2 rings (SSSR count). The second-order valence-electron chi connectivity index (χ2n) is 6.56. The molecule has 1 atom stereocenters. The van der Waals surface area contributed by atoms with Gasteiger partial charge in [0, 0.05) is 5.41 Å². The first-order valence-electron chi connectivity index (χ1n) is 8.06. The quantitative estimate of drug-likeness (QED) is 0.371. The van der Waals surface area contributed by atoms with Crippen LogP contribution in [0.1, 0.15) is 38.3 Å². The van der Waals surface area contributed by atoms with Gasteiger partial charge in [0.05, 0.1) is 24.0 Å². The lowest BCUT2D eigenvalue weighted by Gasteiger charge is -2.28. The molecule has 0 heterocycles. The van der Waals surface area contributed by atoms with Crippen molar-refractivity contribution in [1.82, 2.24) is 0 Å². The third kappa shape index (κ3) is 4.85. The molecule has 0 aliphatic heterocycles. The highest BCUT2D eigenvalue weighted by Gasteiger charge is 2.27. The number of benzene rings is 2. The summed E-state index contributed by atoms with van der Waals surface area (Å²) in [5, 5.41) is 19.7. The number of rotatable bonds is 6. The van der Waals surface area contributed by atoms with Crippen molar-refractivity contribution in [3.8, 4) is 11.5 Å². The van der Waals surface area contributed by atoms with E-state index in [0.717, 1.165) is 20.1 Å². The Hall–Kier alpha value is -0.0800. The van der Waals surface area contributed by atoms with E-state index in [2.05, 4.69) is 77.6 Å². The topological polar surface area (TPSA) is 49.7 Å². The first-order valence-corrected chi connectivity index (χ1v) is 11.2. The fraction of sp³-hybridized carbons (Fsp3) is 0.368. The van der Waals surface area contributed by atoms with Gasteiger partial charge in [0.25, 0.3) is 0 Å². The molecule has 2 aromatic carbocycles. The van der Waals surface area contributed by atoms with Crippen LogP contribution in [0.5, 0.6) is 11.5 Å². The van der Waals surface area contributed by atoms with E-state index in [-0.39, 0.29) is 17.8 Å². The summed E-state index contributed by atoms with van der Waals surface area (Å²) in [5.41, 5.74) is 1.80. The molecule has 0 saturated carbocycles. The second kappa shape index (κ2) is 8.95. The maximum atomic E-state index is 9.97. The minimum Gasteiger partial charge on any atom is -0.506 e. The number of phenolic OH excluding ortho intramolecular Hbond substituents is 1. The van der Waals surface area contributed by atoms with Crippen molar-refractivity contribution < 1.29 is 14.9 Å². The van der Waals surface area contributed by atoms with Crippen LogP contribution in [0.4, 0.5) is 0 Å². The van der Waals surface area contributed by atoms with Gasteiger partial charge in [-0.3, -0.25) is 0 Å². The van der Waals surface area contributed by atoms with Crippen LogP contribution in [0.3, 0.4) is 0 Å². The molecule has 26 heavy (non-hydrogen) atoms. The molecule has 2 aromatic rings. The highest BCUT2D eigenvalue weighted by molar-refractivity contribution is 9.11. The number of halogens is 4. The Labute approximate surface area is 187 Å². The molecule has 1 unspecified atom stereocenters. The van der Waals surface area contributed by atoms with Crippen LogP contribution in [0.2, 0.25) is 0 Å². The molecule has 2 N–H and O–H groups in total. The second-order valence-corrected chi connectivity index (χ2v) is 9.97. The van der Waals surface area contributed by atoms with Gasteiger partial charge in [-0.1, -0.05) is 20.8 Å². The van der Waals surface area contributed by atoms with Crippen LogP contribution in [0.25, 0.3) is 0 Å². The third-order valence-electron chi connectivity index (χ3n) is 4.35. The maximum absolute atomic E-state index is 9.97. The zero-order valence-electron chi connectivity index (χ0n) is 14.6. The Morgan fingerprint density at radius 1 is 0.923 bits per heavy atom. The maximum Gasteiger partial charge on any atom is 0.147 e. The minimum atomic E-state index is -0.489. The molecular weight excluding hydrogens is 596 g/mol. The van der Waals surface area contributed by atoms with Crippen molar-refractivity contribution in [2.45, 2.75) is 38.7 Å². The molecule has 0 spiro atoms. The molecule has 0 amide bonds. The molecule has 0 bridgehead atoms. The third-order valence-corrected chi connectivity index (χ3v) is 6.74. The summed E-state index contributed by atoms with van der Waals surface area (Å²) in [6.07, 6.45) is 0.155. The van der Waals surface area contributed by atoms with E-state index in [0.29, 0.717) is 21.1 Å². The summed E-state index contributed by atoms with van der Waals surface area (Å²) in [6, 6.07) is 7.88. The van der Waals surface area contributed by atoms with Gasteiger partial charge in [-0.25, -0.2) is 0 Å². The smallest absolute Gasteiger partial charge is 0.147 e. The zero-order chi connectivity index (χ0) is 19.6. The fourth-order valence-corrected chi connectivity index (χ4v) is 5.05. The van der Waals surface area contributed by atoms with Crippen LogP contribution >= 0.6 is 63.7 Å². The van der Waals surface area contributed by atoms with Gasteiger partial charge in [0.2, 0.25) is 0 Å². The average Bonchev–Trinajstić information content (AvgIpc) is 2.57. The fourth-order valence-electron chi connectivity index (χ4n) is 2.45. The van der Waals surface area contributed by atoms with E-state index < -0.39 is 6.10 Å². The summed E-state index contributed by atoms with van der Waals surface area (Å²) in [5.74, 6) is 0.857. The van der Waals surface area contributed by atoms with Crippen LogP contribution in [-0.4, -0.2) is 22.9 Å². The Morgan fingerprint density at radius 2 is 1.35 bits per heavy atom. The van der Waals surface area contributed by atoms with Crippen molar-refractivity contribution in [3.05, 3.63) is 53.3 Å². The van der Waals surface area contributed by atoms with Crippen molar-refractivity contribution in [1.29, 1.82) is 0 Å². The largest absolute Gasteiger partial charge is 0.506 e. The molecule has 0 radical (unpaired) electrons. The Morgan fingerprint density at radius 3 is 1.77 bits per heavy atom. The lowest BCUT2D eigenvalue weighted by molar-refractivity contribution is 0.103. The molecule has 0 fully saturated rings. The summed E-state index contributed by atoms with van der Waals surface area (Å²) in [7, 11) is 0. The van der Waals surface area contributed by atoms with Crippen LogP contribution < -0.4 is 4.74 Å². The lowest BCUT2D eigenvalue weighted by atomic mass is 9.78. The lowest BCUT2D eigenvalue weighted by Crippen LogP contribution is -2.20.